The Morgan fingerprint density at radius 2 is 1.71 bits per heavy atom. The number of nitrogens with zero attached hydrogens (tertiary/aromatic N) is 2. The Hall–Kier alpha value is -4.58. The van der Waals surface area contributed by atoms with Gasteiger partial charge in [0.15, 0.2) is 0 Å². The monoisotopic (exact) mass is 669 g/mol. The third-order valence-electron chi connectivity index (χ3n) is 8.99. The molecule has 1 N–H and O–H groups in total. The molecule has 4 aromatic rings. The number of alkyl halides is 4. The predicted octanol–water partition coefficient (Wildman–Crippen LogP) is 6.98. The van der Waals surface area contributed by atoms with E-state index in [0.29, 0.717) is 34.1 Å². The minimum Gasteiger partial charge on any atom is -0.488 e. The van der Waals surface area contributed by atoms with Crippen LogP contribution in [0.5, 0.6) is 5.75 Å². The molecule has 0 aliphatic carbocycles. The lowest BCUT2D eigenvalue weighted by Gasteiger charge is -2.34. The average Bonchev–Trinajstić information content (AvgIpc) is 3.00. The minimum absolute atomic E-state index is 0.0747. The summed E-state index contributed by atoms with van der Waals surface area (Å²) in [6, 6.07) is 10.2. The Balaban J connectivity index is 1.51. The molecule has 0 spiro atoms. The minimum atomic E-state index is -4.90. The van der Waals surface area contributed by atoms with Crippen molar-refractivity contribution in [3.63, 3.8) is 0 Å². The zero-order chi connectivity index (χ0) is 34.5. The van der Waals surface area contributed by atoms with Crippen molar-refractivity contribution in [3.05, 3.63) is 122 Å². The van der Waals surface area contributed by atoms with Gasteiger partial charge >= 0.3 is 6.18 Å². The molecule has 6 nitrogen and oxygen atoms in total. The Labute approximate surface area is 273 Å². The number of pyridine rings is 1. The second-order valence-corrected chi connectivity index (χ2v) is 12.5. The Bertz CT molecular complexity index is 1950. The van der Waals surface area contributed by atoms with E-state index in [2.05, 4.69) is 5.32 Å². The summed E-state index contributed by atoms with van der Waals surface area (Å²) < 4.78 is 94.0. The molecule has 2 aliphatic rings. The Morgan fingerprint density at radius 1 is 0.958 bits per heavy atom. The third kappa shape index (κ3) is 6.45. The summed E-state index contributed by atoms with van der Waals surface area (Å²) in [5.41, 5.74) is 0.0403. The predicted molar refractivity (Wildman–Crippen MR) is 167 cm³/mol. The molecule has 1 fully saturated rings. The third-order valence-corrected chi connectivity index (χ3v) is 8.99. The fourth-order valence-corrected chi connectivity index (χ4v) is 6.45. The number of carbonyl (C=O) groups excluding carboxylic acids is 1. The van der Waals surface area contributed by atoms with E-state index in [0.717, 1.165) is 22.4 Å². The first kappa shape index (κ1) is 33.3. The van der Waals surface area contributed by atoms with E-state index in [-0.39, 0.29) is 49.4 Å². The molecule has 3 heterocycles. The summed E-state index contributed by atoms with van der Waals surface area (Å²) in [6.07, 6.45) is -5.26. The van der Waals surface area contributed by atoms with Crippen molar-refractivity contribution in [2.45, 2.75) is 58.2 Å². The van der Waals surface area contributed by atoms with Crippen molar-refractivity contribution in [1.29, 1.82) is 0 Å². The summed E-state index contributed by atoms with van der Waals surface area (Å²) in [6.45, 7) is 5.13. The van der Waals surface area contributed by atoms with E-state index >= 15 is 8.78 Å². The fourth-order valence-electron chi connectivity index (χ4n) is 6.45. The smallest absolute Gasteiger partial charge is 0.416 e. The number of aryl methyl sites for hydroxylation is 2. The van der Waals surface area contributed by atoms with Crippen molar-refractivity contribution in [3.8, 4) is 16.9 Å². The van der Waals surface area contributed by atoms with Gasteiger partial charge in [0.25, 0.3) is 5.56 Å². The van der Waals surface area contributed by atoms with Crippen LogP contribution in [0.4, 0.5) is 26.3 Å². The number of halogens is 6. The zero-order valence-corrected chi connectivity index (χ0v) is 26.4. The van der Waals surface area contributed by atoms with Gasteiger partial charge < -0.3 is 10.1 Å². The van der Waals surface area contributed by atoms with Crippen LogP contribution >= 0.6 is 0 Å². The number of hydrogen-bond acceptors (Lipinski definition) is 4. The summed E-state index contributed by atoms with van der Waals surface area (Å²) in [5, 5.41) is 2.69. The molecule has 1 aromatic heterocycles. The number of benzene rings is 3. The number of aromatic nitrogens is 1. The van der Waals surface area contributed by atoms with Gasteiger partial charge in [0.1, 0.15) is 36.2 Å². The number of carbonyl (C=O) groups is 1. The molecule has 252 valence electrons. The van der Waals surface area contributed by atoms with Gasteiger partial charge in [-0.05, 0) is 85.3 Å². The van der Waals surface area contributed by atoms with Crippen molar-refractivity contribution < 1.29 is 35.9 Å². The van der Waals surface area contributed by atoms with Crippen LogP contribution < -0.4 is 15.6 Å². The SMILES string of the molecule is Cc1cc2cc(c1F)[C@H](C)NC(=O)[C@@H](n1cc(CCN3CC(F)C3)c(C(F)(F)F)cc1=O)c1cc(ccc1F)COc1cccc(C)c1-2. The molecular formula is C36H33F6N3O3. The topological polar surface area (TPSA) is 63.6 Å². The molecule has 12 heteroatoms. The normalized spacial score (nSPS) is 18.7. The van der Waals surface area contributed by atoms with Crippen molar-refractivity contribution >= 4 is 5.91 Å². The maximum atomic E-state index is 15.7. The van der Waals surface area contributed by atoms with Gasteiger partial charge in [0.2, 0.25) is 5.91 Å². The quantitative estimate of drug-likeness (QED) is 0.238. The summed E-state index contributed by atoms with van der Waals surface area (Å²) in [5.74, 6) is -1.93. The fraction of sp³-hybridized carbons (Fsp3) is 0.333. The molecule has 48 heavy (non-hydrogen) atoms. The van der Waals surface area contributed by atoms with Crippen LogP contribution in [-0.4, -0.2) is 41.2 Å². The molecular weight excluding hydrogens is 636 g/mol. The van der Waals surface area contributed by atoms with E-state index in [1.165, 1.54) is 19.1 Å². The molecule has 2 atom stereocenters. The highest BCUT2D eigenvalue weighted by Crippen LogP contribution is 2.38. The lowest BCUT2D eigenvalue weighted by atomic mass is 9.93. The molecule has 0 radical (unpaired) electrons. The number of rotatable bonds is 4. The number of nitrogens with one attached hydrogen (secondary N) is 1. The summed E-state index contributed by atoms with van der Waals surface area (Å²) in [7, 11) is 0. The standard InChI is InChI=1S/C36H33F6N3O3/c1-19-5-4-6-30-32(19)24-11-20(2)33(39)26(13-24)21(3)43-35(47)34(27-12-22(18-48-30)7-8-29(27)38)45-15-23(9-10-44-16-25(37)17-44)28(14-31(45)46)36(40,41)42/h4-8,11-15,21,25,34H,9-10,16-18H2,1-3H3,(H,43,47)/t21-,34-/m0/s1. The molecule has 4 bridgehead atoms. The lowest BCUT2D eigenvalue weighted by Crippen LogP contribution is -2.49. The van der Waals surface area contributed by atoms with Gasteiger partial charge in [0, 0.05) is 48.6 Å². The molecule has 1 saturated heterocycles. The highest BCUT2D eigenvalue weighted by atomic mass is 19.4. The van der Waals surface area contributed by atoms with Gasteiger partial charge in [0.05, 0.1) is 11.6 Å². The first-order valence-electron chi connectivity index (χ1n) is 15.5. The first-order chi connectivity index (χ1) is 22.7. The van der Waals surface area contributed by atoms with E-state index < -0.39 is 53.1 Å². The number of amides is 1. The number of hydrogen-bond donors (Lipinski definition) is 1. The van der Waals surface area contributed by atoms with Gasteiger partial charge in [-0.1, -0.05) is 18.2 Å². The number of likely N-dealkylation sites (tertiary alicyclic amines) is 1. The van der Waals surface area contributed by atoms with Crippen molar-refractivity contribution in [2.24, 2.45) is 0 Å². The van der Waals surface area contributed by atoms with Crippen LogP contribution in [-0.2, 0) is 24.0 Å². The van der Waals surface area contributed by atoms with E-state index in [1.807, 2.05) is 13.0 Å². The highest BCUT2D eigenvalue weighted by molar-refractivity contribution is 5.84. The van der Waals surface area contributed by atoms with Crippen LogP contribution in [0.15, 0.2) is 65.6 Å². The van der Waals surface area contributed by atoms with Crippen molar-refractivity contribution in [1.82, 2.24) is 14.8 Å². The van der Waals surface area contributed by atoms with Crippen LogP contribution in [0.2, 0.25) is 0 Å². The summed E-state index contributed by atoms with van der Waals surface area (Å²) in [4.78, 5) is 29.2. The molecule has 3 aromatic carbocycles. The summed E-state index contributed by atoms with van der Waals surface area (Å²) >= 11 is 0. The maximum absolute atomic E-state index is 15.7. The molecule has 1 amide bonds. The molecule has 0 saturated carbocycles. The zero-order valence-electron chi connectivity index (χ0n) is 26.4. The van der Waals surface area contributed by atoms with Crippen LogP contribution in [0.25, 0.3) is 11.1 Å². The van der Waals surface area contributed by atoms with E-state index in [1.54, 1.807) is 36.1 Å². The van der Waals surface area contributed by atoms with Crippen LogP contribution in [0, 0.1) is 25.5 Å². The molecule has 0 unspecified atom stereocenters. The second-order valence-electron chi connectivity index (χ2n) is 12.5. The van der Waals surface area contributed by atoms with Crippen LogP contribution in [0.1, 0.15) is 58.0 Å². The Morgan fingerprint density at radius 3 is 2.42 bits per heavy atom. The van der Waals surface area contributed by atoms with Gasteiger partial charge in [-0.15, -0.1) is 0 Å². The number of fused-ring (bicyclic) bond motifs is 6. The second kappa shape index (κ2) is 12.8. The highest BCUT2D eigenvalue weighted by Gasteiger charge is 2.37. The molecule has 2 aliphatic heterocycles. The first-order valence-corrected chi connectivity index (χ1v) is 15.5. The van der Waals surface area contributed by atoms with Crippen molar-refractivity contribution in [2.75, 3.05) is 19.6 Å². The number of ether oxygens (including phenoxy) is 1. The Kier molecular flexibility index (Phi) is 8.88. The van der Waals surface area contributed by atoms with Gasteiger partial charge in [-0.25, -0.2) is 13.2 Å². The van der Waals surface area contributed by atoms with Crippen LogP contribution in [0.3, 0.4) is 0 Å². The van der Waals surface area contributed by atoms with E-state index in [4.69, 9.17) is 4.74 Å². The van der Waals surface area contributed by atoms with Gasteiger partial charge in [-0.3, -0.25) is 19.1 Å². The lowest BCUT2D eigenvalue weighted by molar-refractivity contribution is -0.138. The van der Waals surface area contributed by atoms with Gasteiger partial charge in [-0.2, -0.15) is 13.2 Å². The average molecular weight is 670 g/mol. The van der Waals surface area contributed by atoms with E-state index in [9.17, 15) is 27.2 Å². The maximum Gasteiger partial charge on any atom is 0.416 e. The largest absolute Gasteiger partial charge is 0.488 e. The molecule has 6 rings (SSSR count).